The van der Waals surface area contributed by atoms with Gasteiger partial charge in [-0.3, -0.25) is 0 Å². The zero-order valence-electron chi connectivity index (χ0n) is 11.5. The third-order valence-corrected chi connectivity index (χ3v) is 4.38. The SMILES string of the molecule is COc1ccc(OCc2nc3c(s2)CCCCN3)cc1. The number of aryl methyl sites for hydroxylation is 1. The van der Waals surface area contributed by atoms with Crippen LogP contribution in [0.5, 0.6) is 11.5 Å². The van der Waals surface area contributed by atoms with Gasteiger partial charge in [-0.1, -0.05) is 0 Å². The Balaban J connectivity index is 1.63. The highest BCUT2D eigenvalue weighted by Gasteiger charge is 2.13. The van der Waals surface area contributed by atoms with E-state index < -0.39 is 0 Å². The molecule has 0 saturated heterocycles. The van der Waals surface area contributed by atoms with Gasteiger partial charge in [0.25, 0.3) is 0 Å². The van der Waals surface area contributed by atoms with Crippen molar-refractivity contribution in [1.29, 1.82) is 0 Å². The summed E-state index contributed by atoms with van der Waals surface area (Å²) in [5.74, 6) is 2.73. The van der Waals surface area contributed by atoms with Gasteiger partial charge in [0.05, 0.1) is 7.11 Å². The van der Waals surface area contributed by atoms with Crippen LogP contribution in [0, 0.1) is 0 Å². The molecular weight excluding hydrogens is 272 g/mol. The fourth-order valence-corrected chi connectivity index (χ4v) is 3.20. The van der Waals surface area contributed by atoms with Crippen molar-refractivity contribution in [3.8, 4) is 11.5 Å². The maximum atomic E-state index is 5.77. The van der Waals surface area contributed by atoms with Crippen molar-refractivity contribution in [1.82, 2.24) is 4.98 Å². The summed E-state index contributed by atoms with van der Waals surface area (Å²) in [4.78, 5) is 5.97. The van der Waals surface area contributed by atoms with Crippen LogP contribution in [0.4, 0.5) is 5.82 Å². The van der Waals surface area contributed by atoms with E-state index in [1.165, 1.54) is 17.7 Å². The minimum absolute atomic E-state index is 0.520. The second-order valence-electron chi connectivity index (χ2n) is 4.73. The molecule has 20 heavy (non-hydrogen) atoms. The number of nitrogens with zero attached hydrogens (tertiary/aromatic N) is 1. The molecule has 106 valence electrons. The molecule has 0 unspecified atom stereocenters. The molecule has 5 heteroatoms. The molecule has 0 bridgehead atoms. The van der Waals surface area contributed by atoms with Crippen LogP contribution in [0.15, 0.2) is 24.3 Å². The zero-order valence-corrected chi connectivity index (χ0v) is 12.3. The van der Waals surface area contributed by atoms with E-state index in [1.54, 1.807) is 18.4 Å². The number of fused-ring (bicyclic) bond motifs is 1. The number of thiazole rings is 1. The van der Waals surface area contributed by atoms with E-state index >= 15 is 0 Å². The number of benzene rings is 1. The standard InChI is InChI=1S/C15H18N2O2S/c1-18-11-5-7-12(8-6-11)19-10-14-17-15-13(20-14)4-2-3-9-16-15/h5-8,16H,2-4,9-10H2,1H3. The van der Waals surface area contributed by atoms with Crippen molar-refractivity contribution in [2.24, 2.45) is 0 Å². The van der Waals surface area contributed by atoms with E-state index in [1.807, 2.05) is 24.3 Å². The highest BCUT2D eigenvalue weighted by atomic mass is 32.1. The lowest BCUT2D eigenvalue weighted by Gasteiger charge is -2.05. The number of anilines is 1. The molecule has 3 rings (SSSR count). The molecule has 1 aromatic carbocycles. The van der Waals surface area contributed by atoms with Crippen molar-refractivity contribution in [3.05, 3.63) is 34.2 Å². The van der Waals surface area contributed by atoms with E-state index in [0.29, 0.717) is 6.61 Å². The van der Waals surface area contributed by atoms with Gasteiger partial charge < -0.3 is 14.8 Å². The van der Waals surface area contributed by atoms with Crippen LogP contribution in [-0.2, 0) is 13.0 Å². The van der Waals surface area contributed by atoms with Crippen LogP contribution < -0.4 is 14.8 Å². The van der Waals surface area contributed by atoms with Crippen molar-refractivity contribution in [3.63, 3.8) is 0 Å². The molecule has 0 spiro atoms. The average molecular weight is 290 g/mol. The summed E-state index contributed by atoms with van der Waals surface area (Å²) < 4.78 is 10.9. The molecule has 0 radical (unpaired) electrons. The number of aromatic nitrogens is 1. The smallest absolute Gasteiger partial charge is 0.140 e. The van der Waals surface area contributed by atoms with Gasteiger partial charge in [0.15, 0.2) is 0 Å². The summed E-state index contributed by atoms with van der Waals surface area (Å²) in [5.41, 5.74) is 0. The molecule has 1 aromatic heterocycles. The van der Waals surface area contributed by atoms with Crippen LogP contribution in [0.3, 0.4) is 0 Å². The minimum atomic E-state index is 0.520. The zero-order chi connectivity index (χ0) is 13.8. The van der Waals surface area contributed by atoms with Crippen LogP contribution in [0.25, 0.3) is 0 Å². The van der Waals surface area contributed by atoms with Crippen molar-refractivity contribution >= 4 is 17.2 Å². The Labute approximate surface area is 122 Å². The molecule has 0 atom stereocenters. The molecule has 1 aliphatic heterocycles. The Morgan fingerprint density at radius 3 is 2.80 bits per heavy atom. The first-order valence-corrected chi connectivity index (χ1v) is 7.66. The van der Waals surface area contributed by atoms with Crippen LogP contribution in [-0.4, -0.2) is 18.6 Å². The lowest BCUT2D eigenvalue weighted by atomic mass is 10.2. The number of hydrogen-bond donors (Lipinski definition) is 1. The molecule has 0 saturated carbocycles. The molecule has 4 nitrogen and oxygen atoms in total. The number of rotatable bonds is 4. The van der Waals surface area contributed by atoms with Gasteiger partial charge in [0.2, 0.25) is 0 Å². The molecule has 0 amide bonds. The van der Waals surface area contributed by atoms with Crippen molar-refractivity contribution in [2.75, 3.05) is 19.0 Å². The topological polar surface area (TPSA) is 43.4 Å². The van der Waals surface area contributed by atoms with Crippen LogP contribution in [0.2, 0.25) is 0 Å². The molecule has 2 aromatic rings. The van der Waals surface area contributed by atoms with Gasteiger partial charge in [0.1, 0.15) is 28.9 Å². The highest BCUT2D eigenvalue weighted by Crippen LogP contribution is 2.28. The first-order valence-electron chi connectivity index (χ1n) is 6.84. The first-order chi connectivity index (χ1) is 9.85. The Bertz CT molecular complexity index is 542. The maximum Gasteiger partial charge on any atom is 0.140 e. The second kappa shape index (κ2) is 6.13. The number of ether oxygens (including phenoxy) is 2. The first kappa shape index (κ1) is 13.2. The van der Waals surface area contributed by atoms with Gasteiger partial charge in [-0.25, -0.2) is 4.98 Å². The number of hydrogen-bond acceptors (Lipinski definition) is 5. The molecular formula is C15H18N2O2S. The lowest BCUT2D eigenvalue weighted by molar-refractivity contribution is 0.305. The Morgan fingerprint density at radius 1 is 1.20 bits per heavy atom. The van der Waals surface area contributed by atoms with E-state index in [2.05, 4.69) is 10.3 Å². The fraction of sp³-hybridized carbons (Fsp3) is 0.400. The van der Waals surface area contributed by atoms with Gasteiger partial charge >= 0.3 is 0 Å². The number of methoxy groups -OCH3 is 1. The normalized spacial score (nSPS) is 14.1. The molecule has 0 aliphatic carbocycles. The monoisotopic (exact) mass is 290 g/mol. The third kappa shape index (κ3) is 3.04. The Hall–Kier alpha value is -1.75. The van der Waals surface area contributed by atoms with E-state index in [0.717, 1.165) is 35.3 Å². The minimum Gasteiger partial charge on any atom is -0.497 e. The van der Waals surface area contributed by atoms with Gasteiger partial charge in [0, 0.05) is 11.4 Å². The summed E-state index contributed by atoms with van der Waals surface area (Å²) in [6.45, 7) is 1.54. The summed E-state index contributed by atoms with van der Waals surface area (Å²) in [5, 5.41) is 4.41. The predicted molar refractivity (Wildman–Crippen MR) is 80.9 cm³/mol. The molecule has 1 N–H and O–H groups in total. The van der Waals surface area contributed by atoms with Crippen LogP contribution in [0.1, 0.15) is 22.7 Å². The van der Waals surface area contributed by atoms with Crippen molar-refractivity contribution in [2.45, 2.75) is 25.9 Å². The average Bonchev–Trinajstić information content (AvgIpc) is 2.75. The van der Waals surface area contributed by atoms with Gasteiger partial charge in [-0.05, 0) is 43.5 Å². The van der Waals surface area contributed by atoms with E-state index in [9.17, 15) is 0 Å². The number of nitrogens with one attached hydrogen (secondary N) is 1. The predicted octanol–water partition coefficient (Wildman–Crippen LogP) is 3.48. The quantitative estimate of drug-likeness (QED) is 0.936. The van der Waals surface area contributed by atoms with Gasteiger partial charge in [-0.15, -0.1) is 11.3 Å². The lowest BCUT2D eigenvalue weighted by Crippen LogP contribution is -2.00. The van der Waals surface area contributed by atoms with E-state index in [-0.39, 0.29) is 0 Å². The maximum absolute atomic E-state index is 5.77. The third-order valence-electron chi connectivity index (χ3n) is 3.29. The van der Waals surface area contributed by atoms with E-state index in [4.69, 9.17) is 9.47 Å². The van der Waals surface area contributed by atoms with Crippen molar-refractivity contribution < 1.29 is 9.47 Å². The molecule has 1 aliphatic rings. The van der Waals surface area contributed by atoms with Crippen LogP contribution >= 0.6 is 11.3 Å². The van der Waals surface area contributed by atoms with Gasteiger partial charge in [-0.2, -0.15) is 0 Å². The molecule has 0 fully saturated rings. The second-order valence-corrected chi connectivity index (χ2v) is 5.90. The summed E-state index contributed by atoms with van der Waals surface area (Å²) >= 11 is 1.75. The highest BCUT2D eigenvalue weighted by molar-refractivity contribution is 7.12. The fourth-order valence-electron chi connectivity index (χ4n) is 2.20. The molecule has 2 heterocycles. The Morgan fingerprint density at radius 2 is 2.00 bits per heavy atom. The summed E-state index contributed by atoms with van der Waals surface area (Å²) in [6.07, 6.45) is 3.59. The largest absolute Gasteiger partial charge is 0.497 e. The Kier molecular flexibility index (Phi) is 4.06. The summed E-state index contributed by atoms with van der Waals surface area (Å²) in [6, 6.07) is 7.62. The summed E-state index contributed by atoms with van der Waals surface area (Å²) in [7, 11) is 1.66.